The Labute approximate surface area is 170 Å². The fourth-order valence-electron chi connectivity index (χ4n) is 3.11. The molecule has 0 unspecified atom stereocenters. The second-order valence-electron chi connectivity index (χ2n) is 6.57. The van der Waals surface area contributed by atoms with Gasteiger partial charge in [-0.05, 0) is 61.8 Å². The number of H-pyrrole nitrogens is 1. The van der Waals surface area contributed by atoms with E-state index in [0.717, 1.165) is 34.5 Å². The molecule has 0 aliphatic carbocycles. The predicted molar refractivity (Wildman–Crippen MR) is 117 cm³/mol. The lowest BCUT2D eigenvalue weighted by atomic mass is 10.1. The Hall–Kier alpha value is -2.77. The fourth-order valence-corrected chi connectivity index (χ4v) is 3.29. The van der Waals surface area contributed by atoms with Crippen molar-refractivity contribution < 1.29 is 5.11 Å². The first-order valence-electron chi connectivity index (χ1n) is 9.29. The largest absolute Gasteiger partial charge is 0.395 e. The van der Waals surface area contributed by atoms with E-state index in [1.54, 1.807) is 10.9 Å². The van der Waals surface area contributed by atoms with Crippen LogP contribution in [0.4, 0.5) is 5.69 Å². The first-order chi connectivity index (χ1) is 13.5. The lowest BCUT2D eigenvalue weighted by Crippen LogP contribution is -2.26. The molecule has 3 rings (SSSR count). The van der Waals surface area contributed by atoms with Crippen LogP contribution in [0.5, 0.6) is 0 Å². The van der Waals surface area contributed by atoms with Crippen LogP contribution in [0.25, 0.3) is 11.4 Å². The van der Waals surface area contributed by atoms with Crippen LogP contribution in [-0.2, 0) is 0 Å². The lowest BCUT2D eigenvalue weighted by Gasteiger charge is -2.22. The number of rotatable bonds is 7. The maximum atomic E-state index is 9.22. The number of nitrogens with zero attached hydrogens (tertiary/aromatic N) is 4. The van der Waals surface area contributed by atoms with Crippen molar-refractivity contribution in [1.29, 1.82) is 0 Å². The molecule has 1 heterocycles. The number of aliphatic hydroxyl groups is 1. The molecule has 3 aromatic rings. The molecular weight excluding hydrogens is 370 g/mol. The number of aryl methyl sites for hydroxylation is 2. The van der Waals surface area contributed by atoms with E-state index in [1.165, 1.54) is 0 Å². The van der Waals surface area contributed by atoms with Crippen molar-refractivity contribution in [3.8, 4) is 11.4 Å². The van der Waals surface area contributed by atoms with E-state index in [1.807, 2.05) is 43.3 Å². The van der Waals surface area contributed by atoms with Gasteiger partial charge in [-0.1, -0.05) is 30.3 Å². The zero-order valence-electron chi connectivity index (χ0n) is 16.4. The number of hydrogen-bond acceptors (Lipinski definition) is 5. The third-order valence-corrected chi connectivity index (χ3v) is 4.98. The van der Waals surface area contributed by atoms with Crippen LogP contribution in [0.1, 0.15) is 23.6 Å². The van der Waals surface area contributed by atoms with Crippen molar-refractivity contribution in [2.45, 2.75) is 20.8 Å². The Balaban J connectivity index is 1.92. The van der Waals surface area contributed by atoms with Gasteiger partial charge in [-0.2, -0.15) is 14.9 Å². The molecular formula is C21H25N5OS. The molecule has 6 nitrogen and oxygen atoms in total. The summed E-state index contributed by atoms with van der Waals surface area (Å²) < 4.78 is 2.10. The van der Waals surface area contributed by atoms with Crippen molar-refractivity contribution in [2.75, 3.05) is 24.6 Å². The summed E-state index contributed by atoms with van der Waals surface area (Å²) in [5.74, 6) is 0.689. The first-order valence-corrected chi connectivity index (χ1v) is 9.70. The molecule has 0 aliphatic rings. The van der Waals surface area contributed by atoms with Crippen molar-refractivity contribution in [2.24, 2.45) is 5.10 Å². The molecule has 7 heteroatoms. The predicted octanol–water partition coefficient (Wildman–Crippen LogP) is 3.93. The van der Waals surface area contributed by atoms with E-state index < -0.39 is 0 Å². The number of nitrogens with one attached hydrogen (secondary N) is 1. The topological polar surface area (TPSA) is 69.4 Å². The van der Waals surface area contributed by atoms with Crippen molar-refractivity contribution in [1.82, 2.24) is 14.9 Å². The minimum atomic E-state index is 0.135. The highest BCUT2D eigenvalue weighted by molar-refractivity contribution is 7.71. The zero-order valence-corrected chi connectivity index (χ0v) is 17.2. The second kappa shape index (κ2) is 8.95. The summed E-state index contributed by atoms with van der Waals surface area (Å²) in [5, 5.41) is 21.0. The standard InChI is InChI=1S/C21H25N5OS/c1-4-25(11-12-27)18-10-9-17(16(3)13-18)14-22-26-20(23-24-21(26)28)19-8-6-5-7-15(19)2/h5-10,13-14,27H,4,11-12H2,1-3H3,(H,24,28). The number of anilines is 1. The van der Waals surface area contributed by atoms with E-state index in [4.69, 9.17) is 12.2 Å². The normalized spacial score (nSPS) is 11.3. The van der Waals surface area contributed by atoms with Crippen LogP contribution in [0.3, 0.4) is 0 Å². The van der Waals surface area contributed by atoms with Crippen LogP contribution < -0.4 is 4.90 Å². The van der Waals surface area contributed by atoms with Crippen molar-refractivity contribution in [3.63, 3.8) is 0 Å². The van der Waals surface area contributed by atoms with Gasteiger partial charge in [0, 0.05) is 24.3 Å². The number of benzene rings is 2. The Morgan fingerprint density at radius 3 is 2.68 bits per heavy atom. The summed E-state index contributed by atoms with van der Waals surface area (Å²) in [5.41, 5.74) is 5.29. The molecule has 146 valence electrons. The maximum Gasteiger partial charge on any atom is 0.216 e. The first kappa shape index (κ1) is 20.0. The maximum absolute atomic E-state index is 9.22. The lowest BCUT2D eigenvalue weighted by molar-refractivity contribution is 0.302. The molecule has 0 bridgehead atoms. The van der Waals surface area contributed by atoms with Crippen LogP contribution in [0.2, 0.25) is 0 Å². The van der Waals surface area contributed by atoms with Crippen molar-refractivity contribution in [3.05, 3.63) is 63.9 Å². The molecule has 2 N–H and O–H groups in total. The monoisotopic (exact) mass is 395 g/mol. The molecule has 1 aromatic heterocycles. The Kier molecular flexibility index (Phi) is 6.38. The number of aromatic nitrogens is 3. The van der Waals surface area contributed by atoms with Gasteiger partial charge >= 0.3 is 0 Å². The van der Waals surface area contributed by atoms with E-state index in [-0.39, 0.29) is 6.61 Å². The molecule has 0 radical (unpaired) electrons. The molecule has 0 atom stereocenters. The van der Waals surface area contributed by atoms with Crippen LogP contribution >= 0.6 is 12.2 Å². The Morgan fingerprint density at radius 2 is 2.00 bits per heavy atom. The molecule has 0 saturated heterocycles. The SMILES string of the molecule is CCN(CCO)c1ccc(C=Nn2c(-c3ccccc3C)n[nH]c2=S)c(C)c1. The third-order valence-electron chi connectivity index (χ3n) is 4.72. The minimum absolute atomic E-state index is 0.135. The Morgan fingerprint density at radius 1 is 1.21 bits per heavy atom. The summed E-state index contributed by atoms with van der Waals surface area (Å²) >= 11 is 5.36. The summed E-state index contributed by atoms with van der Waals surface area (Å²) in [6, 6.07) is 14.2. The third kappa shape index (κ3) is 4.21. The smallest absolute Gasteiger partial charge is 0.216 e. The molecule has 28 heavy (non-hydrogen) atoms. The highest BCUT2D eigenvalue weighted by Gasteiger charge is 2.10. The van der Waals surface area contributed by atoms with Gasteiger partial charge < -0.3 is 10.0 Å². The van der Waals surface area contributed by atoms with Crippen LogP contribution in [0.15, 0.2) is 47.6 Å². The number of aliphatic hydroxyl groups excluding tert-OH is 1. The van der Waals surface area contributed by atoms with Crippen LogP contribution in [-0.4, -0.2) is 45.9 Å². The molecule has 2 aromatic carbocycles. The van der Waals surface area contributed by atoms with Gasteiger partial charge in [-0.3, -0.25) is 0 Å². The summed E-state index contributed by atoms with van der Waals surface area (Å²) in [4.78, 5) is 2.14. The summed E-state index contributed by atoms with van der Waals surface area (Å²) in [7, 11) is 0. The molecule has 0 aliphatic heterocycles. The van der Waals surface area contributed by atoms with Crippen molar-refractivity contribution >= 4 is 24.1 Å². The van der Waals surface area contributed by atoms with Gasteiger partial charge in [0.2, 0.25) is 4.77 Å². The molecule has 0 saturated carbocycles. The molecule has 0 amide bonds. The highest BCUT2D eigenvalue weighted by atomic mass is 32.1. The quantitative estimate of drug-likeness (QED) is 0.470. The second-order valence-corrected chi connectivity index (χ2v) is 6.95. The summed E-state index contributed by atoms with van der Waals surface area (Å²) in [6.07, 6.45) is 1.80. The van der Waals surface area contributed by atoms with E-state index in [9.17, 15) is 5.11 Å². The average molecular weight is 396 g/mol. The van der Waals surface area contributed by atoms with Gasteiger partial charge in [-0.25, -0.2) is 5.10 Å². The molecule has 0 spiro atoms. The minimum Gasteiger partial charge on any atom is -0.395 e. The Bertz CT molecular complexity index is 1040. The van der Waals surface area contributed by atoms with E-state index in [0.29, 0.717) is 17.1 Å². The van der Waals surface area contributed by atoms with Gasteiger partial charge in [0.25, 0.3) is 0 Å². The number of likely N-dealkylation sites (N-methyl/N-ethyl adjacent to an activating group) is 1. The zero-order chi connectivity index (χ0) is 20.1. The van der Waals surface area contributed by atoms with Gasteiger partial charge in [0.05, 0.1) is 12.8 Å². The molecule has 0 fully saturated rings. The van der Waals surface area contributed by atoms with E-state index >= 15 is 0 Å². The van der Waals surface area contributed by atoms with Crippen LogP contribution in [0, 0.1) is 18.6 Å². The average Bonchev–Trinajstić information content (AvgIpc) is 3.06. The van der Waals surface area contributed by atoms with Gasteiger partial charge in [0.15, 0.2) is 5.82 Å². The van der Waals surface area contributed by atoms with Gasteiger partial charge in [-0.15, -0.1) is 0 Å². The number of aromatic amines is 1. The highest BCUT2D eigenvalue weighted by Crippen LogP contribution is 2.22. The number of hydrogen-bond donors (Lipinski definition) is 2. The van der Waals surface area contributed by atoms with E-state index in [2.05, 4.69) is 40.1 Å². The summed E-state index contributed by atoms with van der Waals surface area (Å²) in [6.45, 7) is 7.76. The van der Waals surface area contributed by atoms with Gasteiger partial charge in [0.1, 0.15) is 0 Å². The fraction of sp³-hybridized carbons (Fsp3) is 0.286.